The molecule has 2 rings (SSSR count). The van der Waals surface area contributed by atoms with Gasteiger partial charge in [0.25, 0.3) is 0 Å². The van der Waals surface area contributed by atoms with Crippen LogP contribution in [0.2, 0.25) is 0 Å². The zero-order valence-corrected chi connectivity index (χ0v) is 13.6. The number of methoxy groups -OCH3 is 1. The van der Waals surface area contributed by atoms with Crippen LogP contribution in [0, 0.1) is 5.92 Å². The number of benzene rings is 1. The van der Waals surface area contributed by atoms with Crippen LogP contribution in [0.4, 0.5) is 0 Å². The van der Waals surface area contributed by atoms with Gasteiger partial charge in [-0.15, -0.1) is 0 Å². The number of hydrogen-bond acceptors (Lipinski definition) is 4. The van der Waals surface area contributed by atoms with E-state index in [0.717, 1.165) is 30.6 Å². The Labute approximate surface area is 132 Å². The van der Waals surface area contributed by atoms with E-state index in [1.165, 1.54) is 0 Å². The normalized spacial score (nSPS) is 22.6. The topological polar surface area (TPSA) is 61.8 Å². The van der Waals surface area contributed by atoms with E-state index < -0.39 is 6.10 Å². The summed E-state index contributed by atoms with van der Waals surface area (Å²) in [6, 6.07) is 7.94. The van der Waals surface area contributed by atoms with E-state index in [-0.39, 0.29) is 17.9 Å². The number of likely N-dealkylation sites (N-methyl/N-ethyl adjacent to an activating group) is 1. The molecule has 1 aliphatic carbocycles. The lowest BCUT2D eigenvalue weighted by Gasteiger charge is -2.26. The number of aliphatic hydroxyl groups excluding tert-OH is 1. The molecule has 3 atom stereocenters. The van der Waals surface area contributed by atoms with Crippen LogP contribution in [0.25, 0.3) is 0 Å². The summed E-state index contributed by atoms with van der Waals surface area (Å²) in [5.41, 5.74) is 1.09. The van der Waals surface area contributed by atoms with E-state index in [0.29, 0.717) is 6.54 Å². The first-order chi connectivity index (χ1) is 10.5. The van der Waals surface area contributed by atoms with Crippen LogP contribution < -0.4 is 10.1 Å². The maximum absolute atomic E-state index is 12.2. The van der Waals surface area contributed by atoms with E-state index in [4.69, 9.17) is 4.74 Å². The highest BCUT2D eigenvalue weighted by molar-refractivity contribution is 5.79. The second-order valence-electron chi connectivity index (χ2n) is 6.11. The summed E-state index contributed by atoms with van der Waals surface area (Å²) in [7, 11) is 5.62. The number of amides is 1. The Hall–Kier alpha value is -1.59. The molecule has 1 saturated carbocycles. The van der Waals surface area contributed by atoms with E-state index in [1.54, 1.807) is 7.11 Å². The van der Waals surface area contributed by atoms with Crippen LogP contribution in [0.15, 0.2) is 24.3 Å². The highest BCUT2D eigenvalue weighted by atomic mass is 16.5. The van der Waals surface area contributed by atoms with Gasteiger partial charge in [-0.2, -0.15) is 0 Å². The fourth-order valence-corrected chi connectivity index (χ4v) is 3.02. The van der Waals surface area contributed by atoms with Crippen LogP contribution in [-0.4, -0.2) is 49.8 Å². The van der Waals surface area contributed by atoms with Crippen molar-refractivity contribution in [2.45, 2.75) is 31.4 Å². The molecular weight excluding hydrogens is 280 g/mol. The first-order valence-corrected chi connectivity index (χ1v) is 7.79. The molecule has 2 N–H and O–H groups in total. The van der Waals surface area contributed by atoms with E-state index in [9.17, 15) is 9.90 Å². The molecule has 1 amide bonds. The third kappa shape index (κ3) is 3.99. The Bertz CT molecular complexity index is 504. The van der Waals surface area contributed by atoms with Gasteiger partial charge in [-0.25, -0.2) is 0 Å². The van der Waals surface area contributed by atoms with Gasteiger partial charge in [0.1, 0.15) is 5.75 Å². The second-order valence-corrected chi connectivity index (χ2v) is 6.11. The van der Waals surface area contributed by atoms with E-state index in [1.807, 2.05) is 38.4 Å². The van der Waals surface area contributed by atoms with Crippen molar-refractivity contribution in [1.29, 1.82) is 0 Å². The van der Waals surface area contributed by atoms with Crippen LogP contribution in [0.5, 0.6) is 5.75 Å². The first-order valence-electron chi connectivity index (χ1n) is 7.79. The second kappa shape index (κ2) is 7.61. The van der Waals surface area contributed by atoms with Gasteiger partial charge in [0.15, 0.2) is 0 Å². The van der Waals surface area contributed by atoms with Gasteiger partial charge in [0.2, 0.25) is 5.91 Å². The molecule has 0 radical (unpaired) electrons. The van der Waals surface area contributed by atoms with Gasteiger partial charge < -0.3 is 20.1 Å². The lowest BCUT2D eigenvalue weighted by molar-refractivity contribution is -0.127. The highest BCUT2D eigenvalue weighted by Crippen LogP contribution is 2.26. The predicted molar refractivity (Wildman–Crippen MR) is 85.8 cm³/mol. The number of nitrogens with zero attached hydrogens (tertiary/aromatic N) is 1. The lowest BCUT2D eigenvalue weighted by Crippen LogP contribution is -2.39. The Balaban J connectivity index is 2.01. The summed E-state index contributed by atoms with van der Waals surface area (Å²) < 4.78 is 5.27. The number of ether oxygens (including phenoxy) is 1. The maximum Gasteiger partial charge on any atom is 0.225 e. The molecule has 0 bridgehead atoms. The molecule has 5 heteroatoms. The molecular formula is C17H26N2O3. The summed E-state index contributed by atoms with van der Waals surface area (Å²) in [5.74, 6) is 0.509. The van der Waals surface area contributed by atoms with Gasteiger partial charge in [-0.1, -0.05) is 12.1 Å². The summed E-state index contributed by atoms with van der Waals surface area (Å²) in [6.45, 7) is 0.516. The van der Waals surface area contributed by atoms with Crippen molar-refractivity contribution in [3.63, 3.8) is 0 Å². The molecule has 1 aliphatic rings. The Morgan fingerprint density at radius 3 is 2.82 bits per heavy atom. The third-order valence-corrected chi connectivity index (χ3v) is 4.39. The summed E-state index contributed by atoms with van der Waals surface area (Å²) >= 11 is 0. The van der Waals surface area contributed by atoms with Gasteiger partial charge >= 0.3 is 0 Å². The van der Waals surface area contributed by atoms with Crippen molar-refractivity contribution < 1.29 is 14.6 Å². The largest absolute Gasteiger partial charge is 0.497 e. The van der Waals surface area contributed by atoms with Gasteiger partial charge in [0, 0.05) is 6.54 Å². The van der Waals surface area contributed by atoms with Crippen LogP contribution in [-0.2, 0) is 4.79 Å². The van der Waals surface area contributed by atoms with Crippen LogP contribution in [0.3, 0.4) is 0 Å². The van der Waals surface area contributed by atoms with Gasteiger partial charge in [-0.3, -0.25) is 4.79 Å². The molecule has 122 valence electrons. The molecule has 0 saturated heterocycles. The molecule has 22 heavy (non-hydrogen) atoms. The standard InChI is InChI=1S/C17H26N2O3/c1-19(2)15(12-6-4-7-13(10-12)22-3)11-18-17(21)14-8-5-9-16(14)20/h4,6-7,10,14-16,20H,5,8-9,11H2,1-3H3,(H,18,21). The number of carbonyl (C=O) groups is 1. The number of nitrogens with one attached hydrogen (secondary N) is 1. The zero-order chi connectivity index (χ0) is 16.1. The van der Waals surface area contributed by atoms with Crippen LogP contribution in [0.1, 0.15) is 30.9 Å². The van der Waals surface area contributed by atoms with Crippen molar-refractivity contribution >= 4 is 5.91 Å². The molecule has 1 aromatic rings. The van der Waals surface area contributed by atoms with E-state index in [2.05, 4.69) is 10.2 Å². The first kappa shape index (κ1) is 16.8. The van der Waals surface area contributed by atoms with Gasteiger partial charge in [0.05, 0.1) is 25.2 Å². The Morgan fingerprint density at radius 2 is 2.23 bits per heavy atom. The fourth-order valence-electron chi connectivity index (χ4n) is 3.02. The molecule has 0 aromatic heterocycles. The highest BCUT2D eigenvalue weighted by Gasteiger charge is 2.31. The summed E-state index contributed by atoms with van der Waals surface area (Å²) in [4.78, 5) is 14.3. The SMILES string of the molecule is COc1cccc(C(CNC(=O)C2CCCC2O)N(C)C)c1. The maximum atomic E-state index is 12.2. The quantitative estimate of drug-likeness (QED) is 0.837. The average Bonchev–Trinajstić information content (AvgIpc) is 2.93. The third-order valence-electron chi connectivity index (χ3n) is 4.39. The van der Waals surface area contributed by atoms with Crippen molar-refractivity contribution in [3.05, 3.63) is 29.8 Å². The molecule has 0 heterocycles. The Kier molecular flexibility index (Phi) is 5.80. The monoisotopic (exact) mass is 306 g/mol. The molecule has 0 spiro atoms. The average molecular weight is 306 g/mol. The van der Waals surface area contributed by atoms with Crippen molar-refractivity contribution in [2.24, 2.45) is 5.92 Å². The van der Waals surface area contributed by atoms with E-state index >= 15 is 0 Å². The molecule has 5 nitrogen and oxygen atoms in total. The number of rotatable bonds is 6. The summed E-state index contributed by atoms with van der Waals surface area (Å²) in [6.07, 6.45) is 1.94. The summed E-state index contributed by atoms with van der Waals surface area (Å²) in [5, 5.41) is 12.8. The zero-order valence-electron chi connectivity index (χ0n) is 13.6. The molecule has 1 fully saturated rings. The molecule has 1 aromatic carbocycles. The van der Waals surface area contributed by atoms with Crippen molar-refractivity contribution in [2.75, 3.05) is 27.7 Å². The smallest absolute Gasteiger partial charge is 0.225 e. The van der Waals surface area contributed by atoms with Crippen molar-refractivity contribution in [1.82, 2.24) is 10.2 Å². The molecule has 3 unspecified atom stereocenters. The fraction of sp³-hybridized carbons (Fsp3) is 0.588. The Morgan fingerprint density at radius 1 is 1.45 bits per heavy atom. The number of hydrogen-bond donors (Lipinski definition) is 2. The minimum atomic E-state index is -0.491. The van der Waals surface area contributed by atoms with Gasteiger partial charge in [-0.05, 0) is 51.1 Å². The van der Waals surface area contributed by atoms with Crippen LogP contribution >= 0.6 is 0 Å². The number of carbonyl (C=O) groups excluding carboxylic acids is 1. The van der Waals surface area contributed by atoms with Crippen molar-refractivity contribution in [3.8, 4) is 5.75 Å². The minimum Gasteiger partial charge on any atom is -0.497 e. The number of aliphatic hydroxyl groups is 1. The lowest BCUT2D eigenvalue weighted by atomic mass is 10.0. The predicted octanol–water partition coefficient (Wildman–Crippen LogP) is 1.58. The minimum absolute atomic E-state index is 0.0419. The molecule has 0 aliphatic heterocycles.